The maximum absolute atomic E-state index is 11.9. The van der Waals surface area contributed by atoms with Crippen LogP contribution in [0, 0.1) is 34.0 Å². The minimum absolute atomic E-state index is 0.0757. The summed E-state index contributed by atoms with van der Waals surface area (Å²) >= 11 is 0. The Labute approximate surface area is 126 Å². The second-order valence-corrected chi connectivity index (χ2v) is 4.03. The van der Waals surface area contributed by atoms with Crippen LogP contribution in [0.4, 0.5) is 5.69 Å². The number of carbonyl (C=O) groups excluding carboxylic acids is 2. The van der Waals surface area contributed by atoms with E-state index in [1.165, 1.54) is 19.1 Å². The van der Waals surface area contributed by atoms with Crippen LogP contribution in [0.15, 0.2) is 35.5 Å². The van der Waals surface area contributed by atoms with Crippen LogP contribution in [0.25, 0.3) is 0 Å². The molecule has 22 heavy (non-hydrogen) atoms. The molecule has 0 unspecified atom stereocenters. The van der Waals surface area contributed by atoms with E-state index in [9.17, 15) is 9.59 Å². The van der Waals surface area contributed by atoms with Crippen molar-refractivity contribution in [1.82, 2.24) is 0 Å². The van der Waals surface area contributed by atoms with Gasteiger partial charge in [-0.3, -0.25) is 4.79 Å². The molecule has 0 aromatic heterocycles. The number of anilines is 1. The van der Waals surface area contributed by atoms with Gasteiger partial charge in [-0.2, -0.15) is 15.8 Å². The lowest BCUT2D eigenvalue weighted by Crippen LogP contribution is -2.14. The van der Waals surface area contributed by atoms with Crippen LogP contribution in [0.1, 0.15) is 17.3 Å². The van der Waals surface area contributed by atoms with Crippen LogP contribution in [0.2, 0.25) is 0 Å². The van der Waals surface area contributed by atoms with E-state index in [-0.39, 0.29) is 29.3 Å². The Morgan fingerprint density at radius 3 is 2.32 bits per heavy atom. The number of Topliss-reactive ketones (excluding diaryl/α,β-unsaturated/α-hetero) is 1. The Morgan fingerprint density at radius 1 is 1.14 bits per heavy atom. The minimum atomic E-state index is -0.758. The highest BCUT2D eigenvalue weighted by molar-refractivity contribution is 5.97. The van der Waals surface area contributed by atoms with Crippen LogP contribution in [0.5, 0.6) is 0 Å². The molecule has 1 aromatic rings. The summed E-state index contributed by atoms with van der Waals surface area (Å²) in [7, 11) is 0. The summed E-state index contributed by atoms with van der Waals surface area (Å²) in [6.45, 7) is 0.913. The molecule has 0 atom stereocenters. The molecule has 7 nitrogen and oxygen atoms in total. The fraction of sp³-hybridized carbons (Fsp3) is 0.133. The highest BCUT2D eigenvalue weighted by atomic mass is 16.5. The number of ether oxygens (including phenoxy) is 1. The van der Waals surface area contributed by atoms with Gasteiger partial charge in [-0.15, -0.1) is 0 Å². The number of nitrogens with zero attached hydrogens (tertiary/aromatic N) is 3. The number of nitriles is 3. The van der Waals surface area contributed by atoms with E-state index in [1.54, 1.807) is 30.3 Å². The third-order valence-corrected chi connectivity index (χ3v) is 2.40. The van der Waals surface area contributed by atoms with Gasteiger partial charge in [0.25, 0.3) is 0 Å². The van der Waals surface area contributed by atoms with Crippen molar-refractivity contribution in [3.8, 4) is 18.2 Å². The molecule has 1 aromatic carbocycles. The lowest BCUT2D eigenvalue weighted by atomic mass is 10.1. The summed E-state index contributed by atoms with van der Waals surface area (Å²) in [6, 6.07) is 10.9. The fourth-order valence-electron chi connectivity index (χ4n) is 1.43. The Hall–Kier alpha value is -3.63. The van der Waals surface area contributed by atoms with Gasteiger partial charge in [0.05, 0.1) is 11.3 Å². The van der Waals surface area contributed by atoms with Crippen molar-refractivity contribution in [3.05, 3.63) is 41.1 Å². The smallest absolute Gasteiger partial charge is 0.340 e. The first kappa shape index (κ1) is 16.4. The van der Waals surface area contributed by atoms with E-state index in [4.69, 9.17) is 20.5 Å². The van der Waals surface area contributed by atoms with Gasteiger partial charge in [-0.25, -0.2) is 4.79 Å². The molecule has 0 aliphatic heterocycles. The number of nitrogens with one attached hydrogen (secondary N) is 1. The molecule has 0 fully saturated rings. The molecule has 0 spiro atoms. The van der Waals surface area contributed by atoms with Crippen molar-refractivity contribution in [2.45, 2.75) is 6.92 Å². The maximum atomic E-state index is 11.9. The molecule has 1 rings (SSSR count). The lowest BCUT2D eigenvalue weighted by molar-refractivity contribution is -0.120. The Bertz CT molecular complexity index is 744. The number of benzene rings is 1. The number of allylic oxidation sites excluding steroid dienone is 2. The van der Waals surface area contributed by atoms with E-state index in [1.807, 2.05) is 0 Å². The summed E-state index contributed by atoms with van der Waals surface area (Å²) < 4.78 is 4.80. The molecule has 0 heterocycles. The largest absolute Gasteiger partial charge is 0.454 e. The normalized spacial score (nSPS) is 8.64. The van der Waals surface area contributed by atoms with Crippen LogP contribution >= 0.6 is 0 Å². The Balaban J connectivity index is 3.13. The third kappa shape index (κ3) is 4.19. The molecule has 0 bridgehead atoms. The van der Waals surface area contributed by atoms with E-state index in [2.05, 4.69) is 5.32 Å². The topological polar surface area (TPSA) is 127 Å². The van der Waals surface area contributed by atoms with Gasteiger partial charge in [0.2, 0.25) is 0 Å². The predicted octanol–water partition coefficient (Wildman–Crippen LogP) is 1.67. The molecule has 108 valence electrons. The van der Waals surface area contributed by atoms with Crippen LogP contribution in [-0.4, -0.2) is 18.4 Å². The molecular formula is C15H10N4O3. The summed E-state index contributed by atoms with van der Waals surface area (Å²) in [6.07, 6.45) is 0. The van der Waals surface area contributed by atoms with Gasteiger partial charge in [0.1, 0.15) is 30.5 Å². The van der Waals surface area contributed by atoms with Gasteiger partial charge in [0.15, 0.2) is 11.4 Å². The monoisotopic (exact) mass is 294 g/mol. The highest BCUT2D eigenvalue weighted by Crippen LogP contribution is 2.19. The molecule has 7 heteroatoms. The summed E-state index contributed by atoms with van der Waals surface area (Å²) in [5.41, 5.74) is -0.423. The average Bonchev–Trinajstić information content (AvgIpc) is 2.53. The molecule has 1 N–H and O–H groups in total. The first-order valence-corrected chi connectivity index (χ1v) is 6.00. The van der Waals surface area contributed by atoms with E-state index < -0.39 is 11.5 Å². The second-order valence-electron chi connectivity index (χ2n) is 4.03. The van der Waals surface area contributed by atoms with Gasteiger partial charge in [-0.05, 0) is 19.1 Å². The molecule has 0 saturated heterocycles. The zero-order valence-corrected chi connectivity index (χ0v) is 11.6. The number of esters is 1. The predicted molar refractivity (Wildman–Crippen MR) is 74.9 cm³/mol. The van der Waals surface area contributed by atoms with Crippen LogP contribution < -0.4 is 5.32 Å². The van der Waals surface area contributed by atoms with Crippen molar-refractivity contribution in [3.63, 3.8) is 0 Å². The Morgan fingerprint density at radius 2 is 1.77 bits per heavy atom. The summed E-state index contributed by atoms with van der Waals surface area (Å²) in [4.78, 5) is 22.7. The number of carbonyl (C=O) groups is 2. The number of hydrogen-bond donors (Lipinski definition) is 1. The standard InChI is InChI=1S/C15H10N4O3/c1-10(20)9-22-15(21)12-4-2-3-5-13(12)19-14(8-18)11(6-16)7-17/h2-5,19H,9H2,1H3. The van der Waals surface area contributed by atoms with Gasteiger partial charge in [0, 0.05) is 0 Å². The fourth-order valence-corrected chi connectivity index (χ4v) is 1.43. The van der Waals surface area contributed by atoms with E-state index in [0.717, 1.165) is 0 Å². The molecule has 0 amide bonds. The van der Waals surface area contributed by atoms with Gasteiger partial charge >= 0.3 is 5.97 Å². The van der Waals surface area contributed by atoms with Crippen molar-refractivity contribution >= 4 is 17.4 Å². The van der Waals surface area contributed by atoms with Crippen molar-refractivity contribution < 1.29 is 14.3 Å². The number of para-hydroxylation sites is 1. The van der Waals surface area contributed by atoms with Gasteiger partial charge < -0.3 is 10.1 Å². The third-order valence-electron chi connectivity index (χ3n) is 2.40. The zero-order chi connectivity index (χ0) is 16.5. The van der Waals surface area contributed by atoms with Crippen molar-refractivity contribution in [2.24, 2.45) is 0 Å². The second kappa shape index (κ2) is 7.84. The van der Waals surface area contributed by atoms with Crippen molar-refractivity contribution in [1.29, 1.82) is 15.8 Å². The SMILES string of the molecule is CC(=O)COC(=O)c1ccccc1NC(C#N)=C(C#N)C#N. The van der Waals surface area contributed by atoms with E-state index in [0.29, 0.717) is 0 Å². The average molecular weight is 294 g/mol. The zero-order valence-electron chi connectivity index (χ0n) is 11.6. The van der Waals surface area contributed by atoms with Crippen LogP contribution in [0.3, 0.4) is 0 Å². The number of hydrogen-bond acceptors (Lipinski definition) is 7. The minimum Gasteiger partial charge on any atom is -0.454 e. The molecule has 0 radical (unpaired) electrons. The number of rotatable bonds is 5. The molecular weight excluding hydrogens is 284 g/mol. The van der Waals surface area contributed by atoms with E-state index >= 15 is 0 Å². The molecule has 0 saturated carbocycles. The quantitative estimate of drug-likeness (QED) is 0.646. The maximum Gasteiger partial charge on any atom is 0.340 e. The Kier molecular flexibility index (Phi) is 5.85. The highest BCUT2D eigenvalue weighted by Gasteiger charge is 2.15. The first-order valence-electron chi connectivity index (χ1n) is 6.00. The first-order chi connectivity index (χ1) is 10.5. The number of ketones is 1. The molecule has 0 aliphatic rings. The van der Waals surface area contributed by atoms with Crippen LogP contribution in [-0.2, 0) is 9.53 Å². The molecule has 0 aliphatic carbocycles. The summed E-state index contributed by atoms with van der Waals surface area (Å²) in [5.74, 6) is -1.07. The lowest BCUT2D eigenvalue weighted by Gasteiger charge is -2.10. The van der Waals surface area contributed by atoms with Crippen molar-refractivity contribution in [2.75, 3.05) is 11.9 Å². The van der Waals surface area contributed by atoms with Gasteiger partial charge in [-0.1, -0.05) is 12.1 Å². The summed E-state index contributed by atoms with van der Waals surface area (Å²) in [5, 5.41) is 29.1.